The zero-order valence-electron chi connectivity index (χ0n) is 9.38. The lowest BCUT2D eigenvalue weighted by Crippen LogP contribution is -2.30. The van der Waals surface area contributed by atoms with E-state index in [1.165, 1.54) is 6.92 Å². The maximum Gasteiger partial charge on any atom is 0.258 e. The second kappa shape index (κ2) is 4.33. The second-order valence-electron chi connectivity index (χ2n) is 3.83. The van der Waals surface area contributed by atoms with Crippen LogP contribution >= 0.6 is 0 Å². The molecule has 0 saturated heterocycles. The molecule has 2 aromatic rings. The van der Waals surface area contributed by atoms with Crippen LogP contribution in [0.4, 0.5) is 0 Å². The second-order valence-corrected chi connectivity index (χ2v) is 3.83. The molecule has 88 valence electrons. The van der Waals surface area contributed by atoms with E-state index < -0.39 is 12.0 Å². The molecule has 1 atom stereocenters. The highest BCUT2D eigenvalue weighted by molar-refractivity contribution is 5.86. The molecule has 4 heteroatoms. The summed E-state index contributed by atoms with van der Waals surface area (Å²) < 4.78 is 5.29. The number of primary amides is 1. The van der Waals surface area contributed by atoms with E-state index in [0.29, 0.717) is 0 Å². The molecule has 1 amide bonds. The number of hydrogen-bond acceptors (Lipinski definition) is 3. The number of carbonyl (C=O) groups is 1. The molecular formula is C13H13NO3. The molecule has 0 aliphatic heterocycles. The lowest BCUT2D eigenvalue weighted by Gasteiger charge is -2.13. The SMILES string of the molecule is CC(Oc1cc2ccccc2cc1O)C(N)=O. The number of ether oxygens (including phenoxy) is 1. The molecule has 0 radical (unpaired) electrons. The summed E-state index contributed by atoms with van der Waals surface area (Å²) in [5.74, 6) is -0.315. The van der Waals surface area contributed by atoms with Gasteiger partial charge < -0.3 is 15.6 Å². The first-order chi connectivity index (χ1) is 8.08. The summed E-state index contributed by atoms with van der Waals surface area (Å²) in [6.07, 6.45) is -0.776. The number of rotatable bonds is 3. The zero-order chi connectivity index (χ0) is 12.4. The van der Waals surface area contributed by atoms with Crippen LogP contribution in [0.3, 0.4) is 0 Å². The van der Waals surface area contributed by atoms with Crippen LogP contribution in [0, 0.1) is 0 Å². The van der Waals surface area contributed by atoms with Crippen LogP contribution in [0.1, 0.15) is 6.92 Å². The van der Waals surface area contributed by atoms with Crippen molar-refractivity contribution in [3.8, 4) is 11.5 Å². The fourth-order valence-corrected chi connectivity index (χ4v) is 1.55. The summed E-state index contributed by atoms with van der Waals surface area (Å²) in [5, 5.41) is 11.6. The van der Waals surface area contributed by atoms with Gasteiger partial charge in [-0.15, -0.1) is 0 Å². The Morgan fingerprint density at radius 2 is 1.88 bits per heavy atom. The first kappa shape index (κ1) is 11.3. The third-order valence-corrected chi connectivity index (χ3v) is 2.53. The fraction of sp³-hybridized carbons (Fsp3) is 0.154. The maximum atomic E-state index is 10.9. The zero-order valence-corrected chi connectivity index (χ0v) is 9.38. The minimum absolute atomic E-state index is 0.00296. The van der Waals surface area contributed by atoms with Gasteiger partial charge in [-0.2, -0.15) is 0 Å². The van der Waals surface area contributed by atoms with Gasteiger partial charge in [0.05, 0.1) is 0 Å². The van der Waals surface area contributed by atoms with Crippen molar-refractivity contribution in [3.63, 3.8) is 0 Å². The Morgan fingerprint density at radius 3 is 2.47 bits per heavy atom. The Kier molecular flexibility index (Phi) is 2.87. The number of carbonyl (C=O) groups excluding carboxylic acids is 1. The molecule has 3 N–H and O–H groups in total. The van der Waals surface area contributed by atoms with E-state index in [2.05, 4.69) is 0 Å². The molecule has 0 aromatic heterocycles. The molecule has 0 spiro atoms. The molecule has 2 rings (SSSR count). The Labute approximate surface area is 98.6 Å². The third-order valence-electron chi connectivity index (χ3n) is 2.53. The van der Waals surface area contributed by atoms with E-state index in [1.54, 1.807) is 12.1 Å². The minimum Gasteiger partial charge on any atom is -0.504 e. The highest BCUT2D eigenvalue weighted by Crippen LogP contribution is 2.31. The fourth-order valence-electron chi connectivity index (χ4n) is 1.55. The van der Waals surface area contributed by atoms with E-state index in [-0.39, 0.29) is 11.5 Å². The molecule has 0 aliphatic rings. The Morgan fingerprint density at radius 1 is 1.29 bits per heavy atom. The van der Waals surface area contributed by atoms with Gasteiger partial charge in [-0.1, -0.05) is 24.3 Å². The number of nitrogens with two attached hydrogens (primary N) is 1. The van der Waals surface area contributed by atoms with Crippen molar-refractivity contribution < 1.29 is 14.6 Å². The van der Waals surface area contributed by atoms with Crippen molar-refractivity contribution >= 4 is 16.7 Å². The van der Waals surface area contributed by atoms with Crippen LogP contribution in [0.5, 0.6) is 11.5 Å². The van der Waals surface area contributed by atoms with E-state index in [1.807, 2.05) is 24.3 Å². The maximum absolute atomic E-state index is 10.9. The molecule has 4 nitrogen and oxygen atoms in total. The quantitative estimate of drug-likeness (QED) is 0.845. The largest absolute Gasteiger partial charge is 0.504 e. The van der Waals surface area contributed by atoms with Crippen molar-refractivity contribution in [3.05, 3.63) is 36.4 Å². The molecule has 1 unspecified atom stereocenters. The van der Waals surface area contributed by atoms with Gasteiger partial charge in [-0.25, -0.2) is 0 Å². The van der Waals surface area contributed by atoms with Crippen LogP contribution in [0.15, 0.2) is 36.4 Å². The smallest absolute Gasteiger partial charge is 0.258 e. The van der Waals surface area contributed by atoms with E-state index in [9.17, 15) is 9.90 Å². The van der Waals surface area contributed by atoms with Gasteiger partial charge in [0.2, 0.25) is 0 Å². The first-order valence-corrected chi connectivity index (χ1v) is 5.25. The summed E-state index contributed by atoms with van der Waals surface area (Å²) in [6, 6.07) is 10.8. The molecule has 0 aliphatic carbocycles. The molecule has 0 bridgehead atoms. The Bertz CT molecular complexity index is 566. The molecule has 0 fully saturated rings. The van der Waals surface area contributed by atoms with Crippen molar-refractivity contribution in [2.75, 3.05) is 0 Å². The number of phenolic OH excluding ortho intramolecular Hbond substituents is 1. The predicted octanol–water partition coefficient (Wildman–Crippen LogP) is 1.80. The lowest BCUT2D eigenvalue weighted by atomic mass is 10.1. The molecule has 2 aromatic carbocycles. The van der Waals surface area contributed by atoms with E-state index in [4.69, 9.17) is 10.5 Å². The minimum atomic E-state index is -0.776. The molecule has 0 heterocycles. The van der Waals surface area contributed by atoms with Crippen molar-refractivity contribution in [1.29, 1.82) is 0 Å². The van der Waals surface area contributed by atoms with E-state index >= 15 is 0 Å². The monoisotopic (exact) mass is 231 g/mol. The van der Waals surface area contributed by atoms with Crippen molar-refractivity contribution in [2.24, 2.45) is 5.73 Å². The van der Waals surface area contributed by atoms with Crippen LogP contribution < -0.4 is 10.5 Å². The average Bonchev–Trinajstić information content (AvgIpc) is 2.29. The van der Waals surface area contributed by atoms with Gasteiger partial charge in [0.15, 0.2) is 17.6 Å². The van der Waals surface area contributed by atoms with Gasteiger partial charge >= 0.3 is 0 Å². The first-order valence-electron chi connectivity index (χ1n) is 5.25. The summed E-state index contributed by atoms with van der Waals surface area (Å²) in [4.78, 5) is 10.9. The van der Waals surface area contributed by atoms with Crippen LogP contribution in [-0.4, -0.2) is 17.1 Å². The third kappa shape index (κ3) is 2.30. The van der Waals surface area contributed by atoms with Crippen LogP contribution in [-0.2, 0) is 4.79 Å². The summed E-state index contributed by atoms with van der Waals surface area (Å²) in [5.41, 5.74) is 5.10. The topological polar surface area (TPSA) is 72.6 Å². The number of aromatic hydroxyl groups is 1. The van der Waals surface area contributed by atoms with E-state index in [0.717, 1.165) is 10.8 Å². The van der Waals surface area contributed by atoms with Gasteiger partial charge in [0.1, 0.15) is 0 Å². The van der Waals surface area contributed by atoms with Gasteiger partial charge in [0.25, 0.3) is 5.91 Å². The van der Waals surface area contributed by atoms with Crippen LogP contribution in [0.25, 0.3) is 10.8 Å². The number of hydrogen-bond donors (Lipinski definition) is 2. The average molecular weight is 231 g/mol. The molecule has 0 saturated carbocycles. The Hall–Kier alpha value is -2.23. The van der Waals surface area contributed by atoms with Crippen LogP contribution in [0.2, 0.25) is 0 Å². The van der Waals surface area contributed by atoms with Crippen molar-refractivity contribution in [2.45, 2.75) is 13.0 Å². The van der Waals surface area contributed by atoms with Gasteiger partial charge in [0, 0.05) is 0 Å². The van der Waals surface area contributed by atoms with Gasteiger partial charge in [-0.3, -0.25) is 4.79 Å². The normalized spacial score (nSPS) is 12.3. The molecule has 17 heavy (non-hydrogen) atoms. The van der Waals surface area contributed by atoms with Crippen molar-refractivity contribution in [1.82, 2.24) is 0 Å². The highest BCUT2D eigenvalue weighted by atomic mass is 16.5. The summed E-state index contributed by atoms with van der Waals surface area (Å²) >= 11 is 0. The lowest BCUT2D eigenvalue weighted by molar-refractivity contribution is -0.124. The predicted molar refractivity (Wildman–Crippen MR) is 64.9 cm³/mol. The standard InChI is InChI=1S/C13H13NO3/c1-8(13(14)16)17-12-7-10-5-3-2-4-9(10)6-11(12)15/h2-8,15H,1H3,(H2,14,16). The Balaban J connectivity index is 2.40. The number of benzene rings is 2. The summed E-state index contributed by atoms with van der Waals surface area (Å²) in [7, 11) is 0. The number of amides is 1. The van der Waals surface area contributed by atoms with Gasteiger partial charge in [-0.05, 0) is 29.8 Å². The summed E-state index contributed by atoms with van der Waals surface area (Å²) in [6.45, 7) is 1.54. The number of phenols is 1. The number of fused-ring (bicyclic) bond motifs is 1. The highest BCUT2D eigenvalue weighted by Gasteiger charge is 2.13. The molecular weight excluding hydrogens is 218 g/mol.